The van der Waals surface area contributed by atoms with E-state index in [1.165, 1.54) is 4.90 Å². The number of nitrogens with zero attached hydrogens (tertiary/aromatic N) is 1. The molecular weight excluding hydrogens is 513 g/mol. The lowest BCUT2D eigenvalue weighted by molar-refractivity contribution is -0.137. The molecule has 0 aromatic heterocycles. The van der Waals surface area contributed by atoms with Gasteiger partial charge in [0.05, 0.1) is 34.1 Å². The van der Waals surface area contributed by atoms with Crippen LogP contribution in [0.1, 0.15) is 17.5 Å². The molecule has 0 spiro atoms. The minimum absolute atomic E-state index is 0.0665. The summed E-state index contributed by atoms with van der Waals surface area (Å²) in [5, 5.41) is 8.34. The van der Waals surface area contributed by atoms with Gasteiger partial charge < -0.3 is 20.9 Å². The lowest BCUT2D eigenvalue weighted by Crippen LogP contribution is -2.53. The molecule has 2 amide bonds. The second-order valence-corrected chi connectivity index (χ2v) is 8.93. The maximum absolute atomic E-state index is 13.1. The number of hydrogen-bond acceptors (Lipinski definition) is 3. The summed E-state index contributed by atoms with van der Waals surface area (Å²) in [6, 6.07) is 15.9. The van der Waals surface area contributed by atoms with E-state index < -0.39 is 36.0 Å². The molecule has 4 rings (SSSR count). The monoisotopic (exact) mass is 532 g/mol. The summed E-state index contributed by atoms with van der Waals surface area (Å²) >= 11 is 11.6. The van der Waals surface area contributed by atoms with Crippen molar-refractivity contribution in [2.75, 3.05) is 20.9 Å². The molecule has 1 aliphatic heterocycles. The number of alkyl halides is 3. The van der Waals surface area contributed by atoms with E-state index in [2.05, 4.69) is 16.0 Å². The number of carbonyl (C=O) groups is 2. The number of aryl methyl sites for hydroxylation is 1. The molecule has 1 heterocycles. The normalized spacial score (nSPS) is 15.1. The van der Waals surface area contributed by atoms with Crippen LogP contribution in [0.4, 0.5) is 35.9 Å². The second kappa shape index (κ2) is 10.2. The molecule has 186 valence electrons. The second-order valence-electron chi connectivity index (χ2n) is 8.13. The highest BCUT2D eigenvalue weighted by molar-refractivity contribution is 7.80. The summed E-state index contributed by atoms with van der Waals surface area (Å²) in [6.45, 7) is 1.94. The summed E-state index contributed by atoms with van der Waals surface area (Å²) in [5.41, 5.74) is 1.64. The number of hydrogen-bond donors (Lipinski definition) is 3. The molecule has 3 N–H and O–H groups in total. The minimum Gasteiger partial charge on any atom is -0.332 e. The maximum Gasteiger partial charge on any atom is 0.416 e. The van der Waals surface area contributed by atoms with E-state index >= 15 is 0 Å². The Kier molecular flexibility index (Phi) is 7.18. The van der Waals surface area contributed by atoms with Gasteiger partial charge in [-0.3, -0.25) is 9.59 Å². The van der Waals surface area contributed by atoms with Crippen LogP contribution in [0.15, 0.2) is 66.7 Å². The van der Waals surface area contributed by atoms with Gasteiger partial charge in [-0.25, -0.2) is 0 Å². The number of fused-ring (bicyclic) bond motifs is 1. The number of nitrogens with one attached hydrogen (secondary N) is 3. The lowest BCUT2D eigenvalue weighted by atomic mass is 10.0. The van der Waals surface area contributed by atoms with Crippen LogP contribution in [0.2, 0.25) is 5.02 Å². The molecule has 1 atom stereocenters. The van der Waals surface area contributed by atoms with E-state index in [0.717, 1.165) is 23.8 Å². The number of amides is 2. The van der Waals surface area contributed by atoms with Gasteiger partial charge >= 0.3 is 6.18 Å². The van der Waals surface area contributed by atoms with Crippen LogP contribution in [-0.4, -0.2) is 23.0 Å². The van der Waals surface area contributed by atoms with E-state index in [9.17, 15) is 22.8 Å². The first-order valence-corrected chi connectivity index (χ1v) is 11.5. The van der Waals surface area contributed by atoms with Crippen molar-refractivity contribution in [1.29, 1.82) is 0 Å². The van der Waals surface area contributed by atoms with Gasteiger partial charge in [0.15, 0.2) is 5.11 Å². The number of carbonyl (C=O) groups excluding carboxylic acids is 2. The standard InChI is InChI=1S/C25H20ClF3N4O2S/c1-14-6-9-16(10-7-14)30-24(36)33-20-5-3-2-4-18(20)32-23(35)21(33)13-22(34)31-19-12-15(25(27,28)29)8-11-17(19)26/h2-12,21H,13H2,1H3,(H,30,36)(H,31,34)(H,32,35). The molecule has 3 aromatic rings. The Morgan fingerprint density at radius 1 is 1.08 bits per heavy atom. The van der Waals surface area contributed by atoms with E-state index in [4.69, 9.17) is 23.8 Å². The van der Waals surface area contributed by atoms with Gasteiger partial charge in [0, 0.05) is 5.69 Å². The van der Waals surface area contributed by atoms with Gasteiger partial charge in [-0.05, 0) is 61.6 Å². The SMILES string of the molecule is Cc1ccc(NC(=S)N2c3ccccc3NC(=O)C2CC(=O)Nc2cc(C(F)(F)F)ccc2Cl)cc1. The molecule has 36 heavy (non-hydrogen) atoms. The van der Waals surface area contributed by atoms with Crippen LogP contribution in [0.25, 0.3) is 0 Å². The molecule has 0 saturated carbocycles. The van der Waals surface area contributed by atoms with Crippen LogP contribution in [0, 0.1) is 6.92 Å². The van der Waals surface area contributed by atoms with E-state index in [-0.39, 0.29) is 15.8 Å². The van der Waals surface area contributed by atoms with Crippen molar-refractivity contribution in [1.82, 2.24) is 0 Å². The fraction of sp³-hybridized carbons (Fsp3) is 0.160. The highest BCUT2D eigenvalue weighted by Gasteiger charge is 2.37. The molecule has 0 radical (unpaired) electrons. The predicted molar refractivity (Wildman–Crippen MR) is 138 cm³/mol. The molecular formula is C25H20ClF3N4O2S. The molecule has 1 unspecified atom stereocenters. The Bertz CT molecular complexity index is 1330. The zero-order valence-corrected chi connectivity index (χ0v) is 20.4. The lowest BCUT2D eigenvalue weighted by Gasteiger charge is -2.37. The summed E-state index contributed by atoms with van der Waals surface area (Å²) in [4.78, 5) is 27.4. The van der Waals surface area contributed by atoms with Crippen LogP contribution in [-0.2, 0) is 15.8 Å². The third-order valence-electron chi connectivity index (χ3n) is 5.50. The molecule has 11 heteroatoms. The fourth-order valence-electron chi connectivity index (χ4n) is 3.72. The van der Waals surface area contributed by atoms with E-state index in [0.29, 0.717) is 17.1 Å². The van der Waals surface area contributed by atoms with Crippen molar-refractivity contribution in [3.05, 3.63) is 82.9 Å². The predicted octanol–water partition coefficient (Wildman–Crippen LogP) is 6.22. The summed E-state index contributed by atoms with van der Waals surface area (Å²) in [5.74, 6) is -1.20. The molecule has 0 aliphatic carbocycles. The van der Waals surface area contributed by atoms with Crippen LogP contribution in [0.3, 0.4) is 0 Å². The summed E-state index contributed by atoms with van der Waals surface area (Å²) in [7, 11) is 0. The first kappa shape index (κ1) is 25.5. The van der Waals surface area contributed by atoms with Crippen molar-refractivity contribution < 1.29 is 22.8 Å². The number of halogens is 4. The zero-order chi connectivity index (χ0) is 26.0. The van der Waals surface area contributed by atoms with Crippen LogP contribution in [0.5, 0.6) is 0 Å². The van der Waals surface area contributed by atoms with Gasteiger partial charge in [-0.1, -0.05) is 41.4 Å². The maximum atomic E-state index is 13.1. The summed E-state index contributed by atoms with van der Waals surface area (Å²) < 4.78 is 39.3. The number of rotatable bonds is 4. The quantitative estimate of drug-likeness (QED) is 0.348. The smallest absolute Gasteiger partial charge is 0.332 e. The van der Waals surface area contributed by atoms with Crippen molar-refractivity contribution in [3.63, 3.8) is 0 Å². The highest BCUT2D eigenvalue weighted by atomic mass is 35.5. The van der Waals surface area contributed by atoms with Crippen molar-refractivity contribution in [2.45, 2.75) is 25.6 Å². The zero-order valence-electron chi connectivity index (χ0n) is 18.8. The molecule has 3 aromatic carbocycles. The van der Waals surface area contributed by atoms with Gasteiger partial charge in [0.25, 0.3) is 0 Å². The highest BCUT2D eigenvalue weighted by Crippen LogP contribution is 2.35. The average molecular weight is 533 g/mol. The average Bonchev–Trinajstić information content (AvgIpc) is 2.81. The van der Waals surface area contributed by atoms with Crippen molar-refractivity contribution in [3.8, 4) is 0 Å². The number of anilines is 4. The van der Waals surface area contributed by atoms with E-state index in [1.807, 2.05) is 31.2 Å². The largest absolute Gasteiger partial charge is 0.416 e. The third-order valence-corrected chi connectivity index (χ3v) is 6.13. The topological polar surface area (TPSA) is 73.5 Å². The third kappa shape index (κ3) is 5.60. The molecule has 0 bridgehead atoms. The van der Waals surface area contributed by atoms with Crippen LogP contribution >= 0.6 is 23.8 Å². The number of benzene rings is 3. The van der Waals surface area contributed by atoms with Crippen molar-refractivity contribution >= 4 is 63.5 Å². The first-order valence-electron chi connectivity index (χ1n) is 10.8. The Labute approximate surface area is 215 Å². The minimum atomic E-state index is -4.61. The number of para-hydroxylation sites is 2. The molecule has 1 aliphatic rings. The van der Waals surface area contributed by atoms with Crippen molar-refractivity contribution in [2.24, 2.45) is 0 Å². The Morgan fingerprint density at radius 3 is 2.47 bits per heavy atom. The Balaban J connectivity index is 1.60. The summed E-state index contributed by atoms with van der Waals surface area (Å²) in [6.07, 6.45) is -5.01. The van der Waals surface area contributed by atoms with Gasteiger partial charge in [0.2, 0.25) is 11.8 Å². The first-order chi connectivity index (χ1) is 17.0. The van der Waals surface area contributed by atoms with E-state index in [1.54, 1.807) is 24.3 Å². The van der Waals surface area contributed by atoms with Gasteiger partial charge in [-0.2, -0.15) is 13.2 Å². The fourth-order valence-corrected chi connectivity index (χ4v) is 4.23. The molecule has 0 fully saturated rings. The van der Waals surface area contributed by atoms with Crippen LogP contribution < -0.4 is 20.9 Å². The van der Waals surface area contributed by atoms with Gasteiger partial charge in [0.1, 0.15) is 6.04 Å². The number of thiocarbonyl (C=S) groups is 1. The Hall–Kier alpha value is -3.63. The van der Waals surface area contributed by atoms with Gasteiger partial charge in [-0.15, -0.1) is 0 Å². The molecule has 6 nitrogen and oxygen atoms in total. The Morgan fingerprint density at radius 2 is 1.78 bits per heavy atom. The molecule has 0 saturated heterocycles.